The van der Waals surface area contributed by atoms with Crippen molar-refractivity contribution in [2.24, 2.45) is 0 Å². The summed E-state index contributed by atoms with van der Waals surface area (Å²) in [5.74, 6) is 0.714. The van der Waals surface area contributed by atoms with Gasteiger partial charge in [0.25, 0.3) is 0 Å². The van der Waals surface area contributed by atoms with Crippen molar-refractivity contribution in [1.82, 2.24) is 9.88 Å². The molecule has 1 saturated heterocycles. The first-order valence-electron chi connectivity index (χ1n) is 6.75. The van der Waals surface area contributed by atoms with Crippen LogP contribution in [-0.2, 0) is 0 Å². The molecule has 0 saturated carbocycles. The molecule has 1 aromatic carbocycles. The molecule has 1 aliphatic rings. The number of benzene rings is 1. The van der Waals surface area contributed by atoms with Crippen molar-refractivity contribution in [3.05, 3.63) is 42.6 Å². The lowest BCUT2D eigenvalue weighted by atomic mass is 10.2. The van der Waals surface area contributed by atoms with Crippen molar-refractivity contribution >= 4 is 28.9 Å². The van der Waals surface area contributed by atoms with Crippen molar-refractivity contribution in [2.45, 2.75) is 0 Å². The van der Waals surface area contributed by atoms with Crippen molar-refractivity contribution in [3.63, 3.8) is 0 Å². The van der Waals surface area contributed by atoms with Gasteiger partial charge in [0.1, 0.15) is 5.82 Å². The van der Waals surface area contributed by atoms with Crippen LogP contribution in [0.4, 0.5) is 27.7 Å². The number of nitrogens with two attached hydrogens (primary N) is 1. The Labute approximate surface area is 123 Å². The molecule has 0 radical (unpaired) electrons. The van der Waals surface area contributed by atoms with Gasteiger partial charge in [-0.2, -0.15) is 0 Å². The van der Waals surface area contributed by atoms with E-state index in [1.54, 1.807) is 22.1 Å². The van der Waals surface area contributed by atoms with Gasteiger partial charge in [-0.25, -0.2) is 9.78 Å². The van der Waals surface area contributed by atoms with Gasteiger partial charge in [0.15, 0.2) is 0 Å². The van der Waals surface area contributed by atoms with Crippen LogP contribution in [0, 0.1) is 0 Å². The van der Waals surface area contributed by atoms with Gasteiger partial charge in [0, 0.05) is 31.5 Å². The lowest BCUT2D eigenvalue weighted by Crippen LogP contribution is -2.29. The number of anilines is 4. The predicted molar refractivity (Wildman–Crippen MR) is 83.7 cm³/mol. The monoisotopic (exact) mass is 283 g/mol. The Morgan fingerprint density at radius 2 is 2.10 bits per heavy atom. The molecule has 108 valence electrons. The third kappa shape index (κ3) is 2.74. The largest absolute Gasteiger partial charge is 0.397 e. The Morgan fingerprint density at radius 1 is 1.24 bits per heavy atom. The summed E-state index contributed by atoms with van der Waals surface area (Å²) in [4.78, 5) is 19.7. The third-order valence-electron chi connectivity index (χ3n) is 3.43. The zero-order chi connectivity index (χ0) is 14.8. The molecule has 3 rings (SSSR count). The number of carbonyl (C=O) groups is 1. The quantitative estimate of drug-likeness (QED) is 0.906. The number of nitrogens with zero attached hydrogens (tertiary/aromatic N) is 3. The van der Waals surface area contributed by atoms with Crippen LogP contribution in [-0.4, -0.2) is 36.1 Å². The van der Waals surface area contributed by atoms with Crippen LogP contribution in [0.2, 0.25) is 0 Å². The van der Waals surface area contributed by atoms with Crippen LogP contribution in [0.25, 0.3) is 0 Å². The van der Waals surface area contributed by atoms with Gasteiger partial charge in [-0.3, -0.25) is 4.90 Å². The van der Waals surface area contributed by atoms with E-state index in [-0.39, 0.29) is 6.03 Å². The Kier molecular flexibility index (Phi) is 3.35. The van der Waals surface area contributed by atoms with E-state index in [2.05, 4.69) is 10.3 Å². The van der Waals surface area contributed by atoms with Crippen molar-refractivity contribution < 1.29 is 4.79 Å². The molecule has 1 aliphatic heterocycles. The molecule has 0 spiro atoms. The zero-order valence-electron chi connectivity index (χ0n) is 11.8. The molecule has 21 heavy (non-hydrogen) atoms. The highest BCUT2D eigenvalue weighted by molar-refractivity contribution is 5.94. The first-order chi connectivity index (χ1) is 10.1. The first-order valence-corrected chi connectivity index (χ1v) is 6.75. The summed E-state index contributed by atoms with van der Waals surface area (Å²) in [5.41, 5.74) is 8.00. The standard InChI is InChI=1S/C15H17N5O/c1-19-7-8-20(15(19)21)13-4-2-3-12(9-13)18-14-6-5-11(16)10-17-14/h2-6,9-10H,7-8,16H2,1H3,(H,17,18). The van der Waals surface area contributed by atoms with Crippen LogP contribution in [0.5, 0.6) is 0 Å². The smallest absolute Gasteiger partial charge is 0.324 e. The molecular weight excluding hydrogens is 266 g/mol. The van der Waals surface area contributed by atoms with E-state index in [0.717, 1.165) is 17.9 Å². The van der Waals surface area contributed by atoms with E-state index >= 15 is 0 Å². The van der Waals surface area contributed by atoms with Crippen LogP contribution in [0.1, 0.15) is 0 Å². The minimum Gasteiger partial charge on any atom is -0.397 e. The Morgan fingerprint density at radius 3 is 2.76 bits per heavy atom. The Balaban J connectivity index is 1.80. The molecule has 1 fully saturated rings. The fourth-order valence-corrected chi connectivity index (χ4v) is 2.27. The van der Waals surface area contributed by atoms with Crippen molar-refractivity contribution in [2.75, 3.05) is 36.1 Å². The molecule has 0 aliphatic carbocycles. The minimum absolute atomic E-state index is 0.0257. The normalized spacial score (nSPS) is 14.6. The predicted octanol–water partition coefficient (Wildman–Crippen LogP) is 2.28. The molecule has 6 heteroatoms. The molecule has 0 unspecified atom stereocenters. The van der Waals surface area contributed by atoms with Crippen molar-refractivity contribution in [3.8, 4) is 0 Å². The summed E-state index contributed by atoms with van der Waals surface area (Å²) in [6.45, 7) is 1.45. The molecule has 2 amide bonds. The summed E-state index contributed by atoms with van der Waals surface area (Å²) in [6, 6.07) is 11.4. The number of rotatable bonds is 3. The molecule has 2 aromatic rings. The maximum atomic E-state index is 12.0. The first kappa shape index (κ1) is 13.2. The van der Waals surface area contributed by atoms with E-state index < -0.39 is 0 Å². The van der Waals surface area contributed by atoms with Crippen molar-refractivity contribution in [1.29, 1.82) is 0 Å². The number of hydrogen-bond acceptors (Lipinski definition) is 4. The average Bonchev–Trinajstić information content (AvgIpc) is 2.82. The van der Waals surface area contributed by atoms with Crippen LogP contribution < -0.4 is 16.0 Å². The Bertz CT molecular complexity index is 655. The van der Waals surface area contributed by atoms with Crippen LogP contribution in [0.3, 0.4) is 0 Å². The number of hydrogen-bond donors (Lipinski definition) is 2. The van der Waals surface area contributed by atoms with Crippen LogP contribution in [0.15, 0.2) is 42.6 Å². The number of likely N-dealkylation sites (N-methyl/N-ethyl adjacent to an activating group) is 1. The maximum Gasteiger partial charge on any atom is 0.324 e. The van der Waals surface area contributed by atoms with Gasteiger partial charge < -0.3 is 16.0 Å². The number of nitrogens with one attached hydrogen (secondary N) is 1. The summed E-state index contributed by atoms with van der Waals surface area (Å²) >= 11 is 0. The van der Waals surface area contributed by atoms with Gasteiger partial charge >= 0.3 is 6.03 Å². The summed E-state index contributed by atoms with van der Waals surface area (Å²) in [5, 5.41) is 3.20. The Hall–Kier alpha value is -2.76. The molecule has 2 heterocycles. The third-order valence-corrected chi connectivity index (χ3v) is 3.43. The number of pyridine rings is 1. The van der Waals surface area contributed by atoms with E-state index in [4.69, 9.17) is 5.73 Å². The van der Waals surface area contributed by atoms with Gasteiger partial charge in [0.05, 0.1) is 11.9 Å². The highest BCUT2D eigenvalue weighted by Gasteiger charge is 2.26. The van der Waals surface area contributed by atoms with E-state index in [9.17, 15) is 4.79 Å². The average molecular weight is 283 g/mol. The fourth-order valence-electron chi connectivity index (χ4n) is 2.27. The zero-order valence-corrected chi connectivity index (χ0v) is 11.8. The lowest BCUT2D eigenvalue weighted by Gasteiger charge is -2.17. The summed E-state index contributed by atoms with van der Waals surface area (Å²) in [6.07, 6.45) is 1.60. The number of amides is 2. The van der Waals surface area contributed by atoms with E-state index in [0.29, 0.717) is 18.1 Å². The summed E-state index contributed by atoms with van der Waals surface area (Å²) < 4.78 is 0. The number of urea groups is 1. The second-order valence-corrected chi connectivity index (χ2v) is 5.01. The minimum atomic E-state index is 0.0257. The van der Waals surface area contributed by atoms with E-state index in [1.807, 2.05) is 37.4 Å². The number of nitrogen functional groups attached to an aromatic ring is 1. The van der Waals surface area contributed by atoms with Gasteiger partial charge in [-0.05, 0) is 30.3 Å². The maximum absolute atomic E-state index is 12.0. The molecule has 0 atom stereocenters. The number of carbonyl (C=O) groups excluding carboxylic acids is 1. The van der Waals surface area contributed by atoms with Gasteiger partial charge in [0.2, 0.25) is 0 Å². The summed E-state index contributed by atoms with van der Waals surface area (Å²) in [7, 11) is 1.81. The molecular formula is C15H17N5O. The molecule has 0 bridgehead atoms. The van der Waals surface area contributed by atoms with Crippen LogP contribution >= 0.6 is 0 Å². The lowest BCUT2D eigenvalue weighted by molar-refractivity contribution is 0.229. The molecule has 6 nitrogen and oxygen atoms in total. The highest BCUT2D eigenvalue weighted by Crippen LogP contribution is 2.24. The fraction of sp³-hybridized carbons (Fsp3) is 0.200. The second-order valence-electron chi connectivity index (χ2n) is 5.01. The van der Waals surface area contributed by atoms with Gasteiger partial charge in [-0.1, -0.05) is 6.07 Å². The molecule has 3 N–H and O–H groups in total. The SMILES string of the molecule is CN1CCN(c2cccc(Nc3ccc(N)cn3)c2)C1=O. The van der Waals surface area contributed by atoms with Gasteiger partial charge in [-0.15, -0.1) is 0 Å². The molecule has 1 aromatic heterocycles. The van der Waals surface area contributed by atoms with E-state index in [1.165, 1.54) is 0 Å². The second kappa shape index (κ2) is 5.32. The number of aromatic nitrogens is 1. The highest BCUT2D eigenvalue weighted by atomic mass is 16.2. The topological polar surface area (TPSA) is 74.5 Å².